The maximum Gasteiger partial charge on any atom is 0.343 e. The Morgan fingerprint density at radius 2 is 2.18 bits per heavy atom. The second kappa shape index (κ2) is 4.29. The van der Waals surface area contributed by atoms with Crippen molar-refractivity contribution in [3.8, 4) is 0 Å². The minimum Gasteiger partial charge on any atom is -0.462 e. The molecule has 0 aliphatic carbocycles. The lowest BCUT2D eigenvalue weighted by molar-refractivity contribution is 0.0524. The van der Waals surface area contributed by atoms with E-state index >= 15 is 0 Å². The molecule has 0 bridgehead atoms. The summed E-state index contributed by atoms with van der Waals surface area (Å²) >= 11 is 0. The molecular weight excluding hydrogens is 220 g/mol. The minimum absolute atomic E-state index is 0.0223. The number of aromatic nitrogens is 1. The summed E-state index contributed by atoms with van der Waals surface area (Å²) in [7, 11) is 0. The van der Waals surface area contributed by atoms with E-state index in [2.05, 4.69) is 0 Å². The molecule has 0 aromatic carbocycles. The fourth-order valence-corrected chi connectivity index (χ4v) is 1.58. The van der Waals surface area contributed by atoms with Gasteiger partial charge in [0.15, 0.2) is 0 Å². The molecule has 0 aliphatic heterocycles. The van der Waals surface area contributed by atoms with Crippen molar-refractivity contribution < 1.29 is 9.53 Å². The number of carbonyl (C=O) groups is 1. The van der Waals surface area contributed by atoms with Crippen LogP contribution in [0.2, 0.25) is 0 Å². The number of rotatable bonds is 2. The van der Waals surface area contributed by atoms with E-state index in [1.54, 1.807) is 25.1 Å². The van der Waals surface area contributed by atoms with Gasteiger partial charge in [0, 0.05) is 11.9 Å². The van der Waals surface area contributed by atoms with Gasteiger partial charge in [-0.1, -0.05) is 0 Å². The fraction of sp³-hybridized carbons (Fsp3) is 0.167. The first-order chi connectivity index (χ1) is 8.13. The van der Waals surface area contributed by atoms with Crippen molar-refractivity contribution in [2.45, 2.75) is 6.92 Å². The van der Waals surface area contributed by atoms with Gasteiger partial charge in [0.25, 0.3) is 5.56 Å². The van der Waals surface area contributed by atoms with Crippen LogP contribution in [0.25, 0.3) is 5.52 Å². The van der Waals surface area contributed by atoms with Crippen LogP contribution in [0.5, 0.6) is 0 Å². The van der Waals surface area contributed by atoms with E-state index in [-0.39, 0.29) is 12.2 Å². The highest BCUT2D eigenvalue weighted by atomic mass is 16.5. The third-order valence-electron chi connectivity index (χ3n) is 2.37. The van der Waals surface area contributed by atoms with Gasteiger partial charge in [0.2, 0.25) is 0 Å². The summed E-state index contributed by atoms with van der Waals surface area (Å²) in [4.78, 5) is 23.5. The molecule has 0 saturated carbocycles. The Hall–Kier alpha value is -2.30. The molecule has 17 heavy (non-hydrogen) atoms. The number of anilines is 1. The Kier molecular flexibility index (Phi) is 2.82. The van der Waals surface area contributed by atoms with Gasteiger partial charge in [-0.05, 0) is 31.2 Å². The summed E-state index contributed by atoms with van der Waals surface area (Å²) in [5.41, 5.74) is 6.44. The van der Waals surface area contributed by atoms with Crippen molar-refractivity contribution in [2.75, 3.05) is 12.3 Å². The molecule has 0 spiro atoms. The monoisotopic (exact) mass is 232 g/mol. The van der Waals surface area contributed by atoms with Crippen LogP contribution in [0.4, 0.5) is 5.69 Å². The van der Waals surface area contributed by atoms with Gasteiger partial charge in [0.1, 0.15) is 5.56 Å². The number of fused-ring (bicyclic) bond motifs is 1. The average molecular weight is 232 g/mol. The van der Waals surface area contributed by atoms with Gasteiger partial charge in [-0.15, -0.1) is 0 Å². The van der Waals surface area contributed by atoms with Crippen LogP contribution in [0.1, 0.15) is 17.3 Å². The molecular formula is C12H12N2O3. The number of carbonyl (C=O) groups excluding carboxylic acids is 1. The maximum absolute atomic E-state index is 12.0. The van der Waals surface area contributed by atoms with Crippen molar-refractivity contribution in [1.29, 1.82) is 0 Å². The summed E-state index contributed by atoms with van der Waals surface area (Å²) in [5, 5.41) is 0. The summed E-state index contributed by atoms with van der Waals surface area (Å²) in [6.45, 7) is 1.93. The van der Waals surface area contributed by atoms with Crippen LogP contribution in [0, 0.1) is 0 Å². The van der Waals surface area contributed by atoms with Gasteiger partial charge >= 0.3 is 5.97 Å². The van der Waals surface area contributed by atoms with E-state index in [0.717, 1.165) is 0 Å². The number of pyridine rings is 2. The Balaban J connectivity index is 2.62. The smallest absolute Gasteiger partial charge is 0.343 e. The molecule has 2 heterocycles. The summed E-state index contributed by atoms with van der Waals surface area (Å²) in [6, 6.07) is 6.37. The minimum atomic E-state index is -0.608. The highest BCUT2D eigenvalue weighted by molar-refractivity contribution is 5.89. The summed E-state index contributed by atoms with van der Waals surface area (Å²) < 4.78 is 6.17. The zero-order valence-electron chi connectivity index (χ0n) is 9.34. The molecule has 0 amide bonds. The van der Waals surface area contributed by atoms with Crippen LogP contribution in [0.3, 0.4) is 0 Å². The Morgan fingerprint density at radius 1 is 1.41 bits per heavy atom. The van der Waals surface area contributed by atoms with E-state index in [0.29, 0.717) is 11.2 Å². The molecule has 2 aromatic rings. The molecule has 88 valence electrons. The number of nitrogen functional groups attached to an aromatic ring is 1. The van der Waals surface area contributed by atoms with E-state index < -0.39 is 11.5 Å². The molecule has 2 rings (SSSR count). The molecule has 5 heteroatoms. The van der Waals surface area contributed by atoms with Crippen molar-refractivity contribution in [3.05, 3.63) is 46.4 Å². The number of esters is 1. The van der Waals surface area contributed by atoms with Crippen LogP contribution in [-0.2, 0) is 4.74 Å². The maximum atomic E-state index is 12.0. The molecule has 0 fully saturated rings. The Labute approximate surface area is 97.4 Å². The number of nitrogens with zero attached hydrogens (tertiary/aromatic N) is 1. The highest BCUT2D eigenvalue weighted by Crippen LogP contribution is 2.08. The van der Waals surface area contributed by atoms with E-state index in [4.69, 9.17) is 10.5 Å². The highest BCUT2D eigenvalue weighted by Gasteiger charge is 2.12. The standard InChI is InChI=1S/C12H12N2O3/c1-2-17-12(16)10-4-3-9-7-8(13)5-6-14(9)11(10)15/h3-7H,2,13H2,1H3. The average Bonchev–Trinajstić information content (AvgIpc) is 2.29. The Morgan fingerprint density at radius 3 is 2.88 bits per heavy atom. The summed E-state index contributed by atoms with van der Waals surface area (Å²) in [5.74, 6) is -0.608. The summed E-state index contributed by atoms with van der Waals surface area (Å²) in [6.07, 6.45) is 1.54. The number of ether oxygens (including phenoxy) is 1. The van der Waals surface area contributed by atoms with Crippen molar-refractivity contribution >= 4 is 17.2 Å². The molecule has 2 aromatic heterocycles. The molecule has 0 atom stereocenters. The zero-order valence-corrected chi connectivity index (χ0v) is 9.34. The predicted octanol–water partition coefficient (Wildman–Crippen LogP) is 1.06. The van der Waals surface area contributed by atoms with E-state index in [1.807, 2.05) is 0 Å². The second-order valence-electron chi connectivity index (χ2n) is 3.53. The third kappa shape index (κ3) is 1.99. The van der Waals surface area contributed by atoms with E-state index in [9.17, 15) is 9.59 Å². The topological polar surface area (TPSA) is 73.8 Å². The van der Waals surface area contributed by atoms with Crippen LogP contribution < -0.4 is 11.3 Å². The second-order valence-corrected chi connectivity index (χ2v) is 3.53. The molecule has 2 N–H and O–H groups in total. The molecule has 0 aliphatic rings. The van der Waals surface area contributed by atoms with Crippen molar-refractivity contribution in [2.24, 2.45) is 0 Å². The lowest BCUT2D eigenvalue weighted by atomic mass is 10.2. The first kappa shape index (κ1) is 11.2. The molecule has 5 nitrogen and oxygen atoms in total. The largest absolute Gasteiger partial charge is 0.462 e. The lowest BCUT2D eigenvalue weighted by Gasteiger charge is -2.05. The van der Waals surface area contributed by atoms with Crippen molar-refractivity contribution in [1.82, 2.24) is 4.40 Å². The predicted molar refractivity (Wildman–Crippen MR) is 64.0 cm³/mol. The molecule has 0 radical (unpaired) electrons. The first-order valence-corrected chi connectivity index (χ1v) is 5.21. The number of hydrogen-bond donors (Lipinski definition) is 1. The van der Waals surface area contributed by atoms with Gasteiger partial charge in [-0.2, -0.15) is 0 Å². The quantitative estimate of drug-likeness (QED) is 0.785. The van der Waals surface area contributed by atoms with Crippen LogP contribution in [0.15, 0.2) is 35.3 Å². The lowest BCUT2D eigenvalue weighted by Crippen LogP contribution is -2.23. The van der Waals surface area contributed by atoms with Gasteiger partial charge < -0.3 is 10.5 Å². The van der Waals surface area contributed by atoms with Crippen LogP contribution >= 0.6 is 0 Å². The zero-order chi connectivity index (χ0) is 12.4. The molecule has 0 saturated heterocycles. The van der Waals surface area contributed by atoms with Gasteiger partial charge in [-0.25, -0.2) is 4.79 Å². The normalized spacial score (nSPS) is 10.4. The van der Waals surface area contributed by atoms with Gasteiger partial charge in [-0.3, -0.25) is 9.20 Å². The molecule has 0 unspecified atom stereocenters. The van der Waals surface area contributed by atoms with Crippen molar-refractivity contribution in [3.63, 3.8) is 0 Å². The fourth-order valence-electron chi connectivity index (χ4n) is 1.58. The van der Waals surface area contributed by atoms with E-state index in [1.165, 1.54) is 16.7 Å². The SMILES string of the molecule is CCOC(=O)c1ccc2cc(N)ccn2c1=O. The third-order valence-corrected chi connectivity index (χ3v) is 2.37. The number of hydrogen-bond acceptors (Lipinski definition) is 4. The first-order valence-electron chi connectivity index (χ1n) is 5.21. The van der Waals surface area contributed by atoms with Crippen LogP contribution in [-0.4, -0.2) is 17.0 Å². The number of nitrogens with two attached hydrogens (primary N) is 1. The van der Waals surface area contributed by atoms with Gasteiger partial charge in [0.05, 0.1) is 12.1 Å². The Bertz CT molecular complexity index is 631.